The minimum absolute atomic E-state index is 0. The summed E-state index contributed by atoms with van der Waals surface area (Å²) in [6.07, 6.45) is 0.457. The molecule has 1 aromatic heterocycles. The van der Waals surface area contributed by atoms with Crippen LogP contribution in [0, 0.1) is 12.8 Å². The van der Waals surface area contributed by atoms with Crippen LogP contribution in [0.4, 0.5) is 0 Å². The summed E-state index contributed by atoms with van der Waals surface area (Å²) < 4.78 is 4.83. The molecule has 0 spiro atoms. The molecule has 2 heterocycles. The maximum Gasteiger partial charge on any atom is 0.229 e. The van der Waals surface area contributed by atoms with Crippen molar-refractivity contribution < 1.29 is 14.4 Å². The van der Waals surface area contributed by atoms with Gasteiger partial charge in [0.25, 0.3) is 0 Å². The Labute approximate surface area is 128 Å². The van der Waals surface area contributed by atoms with Crippen LogP contribution in [0.5, 0.6) is 0 Å². The summed E-state index contributed by atoms with van der Waals surface area (Å²) in [5.41, 5.74) is 1.49. The molecular weight excluding hydrogens is 305 g/mol. The number of aromatic nitrogens is 1. The van der Waals surface area contributed by atoms with Crippen molar-refractivity contribution in [2.24, 2.45) is 5.92 Å². The zero-order valence-electron chi connectivity index (χ0n) is 11.2. The van der Waals surface area contributed by atoms with E-state index in [2.05, 4.69) is 15.8 Å². The molecule has 114 valence electrons. The van der Waals surface area contributed by atoms with Gasteiger partial charge in [-0.2, -0.15) is 0 Å². The van der Waals surface area contributed by atoms with Gasteiger partial charge in [-0.15, -0.1) is 12.4 Å². The fourth-order valence-electron chi connectivity index (χ4n) is 2.14. The van der Waals surface area contributed by atoms with Crippen molar-refractivity contribution in [3.8, 4) is 0 Å². The summed E-state index contributed by atoms with van der Waals surface area (Å²) in [5, 5.41) is 19.5. The van der Waals surface area contributed by atoms with Crippen molar-refractivity contribution in [2.45, 2.75) is 25.9 Å². The SMILES string of the molecule is Cc1noc(Cl)c1CCC(=O)NCC1CNCC1O.Cl. The van der Waals surface area contributed by atoms with E-state index in [-0.39, 0.29) is 35.6 Å². The van der Waals surface area contributed by atoms with Crippen LogP contribution in [0.1, 0.15) is 17.7 Å². The van der Waals surface area contributed by atoms with E-state index in [0.29, 0.717) is 31.6 Å². The highest BCUT2D eigenvalue weighted by atomic mass is 35.5. The van der Waals surface area contributed by atoms with Crippen molar-refractivity contribution in [3.05, 3.63) is 16.5 Å². The lowest BCUT2D eigenvalue weighted by Crippen LogP contribution is -2.34. The number of aliphatic hydroxyl groups excluding tert-OH is 1. The number of hydrogen-bond donors (Lipinski definition) is 3. The quantitative estimate of drug-likeness (QED) is 0.742. The number of halogens is 2. The van der Waals surface area contributed by atoms with E-state index in [4.69, 9.17) is 16.1 Å². The van der Waals surface area contributed by atoms with Crippen molar-refractivity contribution >= 4 is 29.9 Å². The molecule has 2 unspecified atom stereocenters. The van der Waals surface area contributed by atoms with E-state index in [1.807, 2.05) is 0 Å². The van der Waals surface area contributed by atoms with Crippen LogP contribution in [0.3, 0.4) is 0 Å². The number of rotatable bonds is 5. The highest BCUT2D eigenvalue weighted by molar-refractivity contribution is 6.29. The van der Waals surface area contributed by atoms with Gasteiger partial charge in [0.05, 0.1) is 11.8 Å². The molecule has 2 rings (SSSR count). The lowest BCUT2D eigenvalue weighted by atomic mass is 10.1. The number of nitrogens with zero attached hydrogens (tertiary/aromatic N) is 1. The number of carbonyl (C=O) groups excluding carboxylic acids is 1. The average Bonchev–Trinajstić information content (AvgIpc) is 2.92. The second kappa shape index (κ2) is 7.83. The Morgan fingerprint density at radius 3 is 2.90 bits per heavy atom. The highest BCUT2D eigenvalue weighted by Gasteiger charge is 2.25. The summed E-state index contributed by atoms with van der Waals surface area (Å²) in [6, 6.07) is 0. The third-order valence-corrected chi connectivity index (χ3v) is 3.70. The first-order valence-electron chi connectivity index (χ1n) is 6.34. The highest BCUT2D eigenvalue weighted by Crippen LogP contribution is 2.20. The lowest BCUT2D eigenvalue weighted by Gasteiger charge is -2.13. The third-order valence-electron chi connectivity index (χ3n) is 3.40. The largest absolute Gasteiger partial charge is 0.391 e. The normalized spacial score (nSPS) is 21.6. The Hall–Kier alpha value is -0.820. The van der Waals surface area contributed by atoms with Crippen LogP contribution in [0.2, 0.25) is 5.22 Å². The maximum atomic E-state index is 11.7. The van der Waals surface area contributed by atoms with Gasteiger partial charge in [0.2, 0.25) is 11.1 Å². The summed E-state index contributed by atoms with van der Waals surface area (Å²) in [6.45, 7) is 3.61. The molecule has 0 bridgehead atoms. The number of aryl methyl sites for hydroxylation is 1. The van der Waals surface area contributed by atoms with Gasteiger partial charge in [-0.1, -0.05) is 5.16 Å². The molecule has 1 saturated heterocycles. The number of hydrogen-bond acceptors (Lipinski definition) is 5. The van der Waals surface area contributed by atoms with Gasteiger partial charge in [-0.3, -0.25) is 4.79 Å². The molecular formula is C12H19Cl2N3O3. The second-order valence-corrected chi connectivity index (χ2v) is 5.15. The fourth-order valence-corrected chi connectivity index (χ4v) is 2.41. The molecule has 0 radical (unpaired) electrons. The molecule has 6 nitrogen and oxygen atoms in total. The summed E-state index contributed by atoms with van der Waals surface area (Å²) in [4.78, 5) is 11.7. The number of aliphatic hydroxyl groups is 1. The number of nitrogens with one attached hydrogen (secondary N) is 2. The van der Waals surface area contributed by atoms with Crippen LogP contribution in [0.25, 0.3) is 0 Å². The predicted molar refractivity (Wildman–Crippen MR) is 77.2 cm³/mol. The molecule has 8 heteroatoms. The standard InChI is InChI=1S/C12H18ClN3O3.ClH/c1-7-9(12(13)19-16-7)2-3-11(18)15-5-8-4-14-6-10(8)17;/h8,10,14,17H,2-6H2,1H3,(H,15,18);1H. The number of β-amino-alcohol motifs (C(OH)–C–C–N with tert-alkyl or cyclic N) is 1. The third kappa shape index (κ3) is 4.34. The summed E-state index contributed by atoms with van der Waals surface area (Å²) in [7, 11) is 0. The van der Waals surface area contributed by atoms with E-state index in [1.165, 1.54) is 0 Å². The van der Waals surface area contributed by atoms with Crippen molar-refractivity contribution in [1.29, 1.82) is 0 Å². The summed E-state index contributed by atoms with van der Waals surface area (Å²) in [5.74, 6) is 0.0284. The van der Waals surface area contributed by atoms with E-state index in [1.54, 1.807) is 6.92 Å². The zero-order valence-corrected chi connectivity index (χ0v) is 12.8. The molecule has 1 aliphatic rings. The predicted octanol–water partition coefficient (Wildman–Crippen LogP) is 0.687. The van der Waals surface area contributed by atoms with E-state index >= 15 is 0 Å². The molecule has 0 saturated carbocycles. The van der Waals surface area contributed by atoms with Gasteiger partial charge < -0.3 is 20.3 Å². The average molecular weight is 324 g/mol. The van der Waals surface area contributed by atoms with Crippen LogP contribution >= 0.6 is 24.0 Å². The molecule has 1 amide bonds. The molecule has 1 aliphatic heterocycles. The summed E-state index contributed by atoms with van der Waals surface area (Å²) >= 11 is 5.83. The molecule has 3 N–H and O–H groups in total. The fraction of sp³-hybridized carbons (Fsp3) is 0.667. The second-order valence-electron chi connectivity index (χ2n) is 4.81. The van der Waals surface area contributed by atoms with Crippen LogP contribution < -0.4 is 10.6 Å². The van der Waals surface area contributed by atoms with E-state index < -0.39 is 0 Å². The Bertz CT molecular complexity index is 434. The first kappa shape index (κ1) is 17.2. The van der Waals surface area contributed by atoms with E-state index in [9.17, 15) is 9.90 Å². The van der Waals surface area contributed by atoms with Crippen LogP contribution in [-0.4, -0.2) is 41.9 Å². The maximum absolute atomic E-state index is 11.7. The zero-order chi connectivity index (χ0) is 13.8. The minimum atomic E-state index is -0.380. The van der Waals surface area contributed by atoms with Crippen molar-refractivity contribution in [2.75, 3.05) is 19.6 Å². The molecule has 2 atom stereocenters. The van der Waals surface area contributed by atoms with Gasteiger partial charge in [0.15, 0.2) is 0 Å². The molecule has 20 heavy (non-hydrogen) atoms. The molecule has 1 fully saturated rings. The number of carbonyl (C=O) groups is 1. The molecule has 0 aromatic carbocycles. The van der Waals surface area contributed by atoms with Crippen LogP contribution in [0.15, 0.2) is 4.52 Å². The Kier molecular flexibility index (Phi) is 6.75. The lowest BCUT2D eigenvalue weighted by molar-refractivity contribution is -0.121. The topological polar surface area (TPSA) is 87.4 Å². The van der Waals surface area contributed by atoms with Gasteiger partial charge in [-0.05, 0) is 24.9 Å². The monoisotopic (exact) mass is 323 g/mol. The van der Waals surface area contributed by atoms with Gasteiger partial charge in [0.1, 0.15) is 0 Å². The molecule has 1 aromatic rings. The van der Waals surface area contributed by atoms with Gasteiger partial charge in [-0.25, -0.2) is 0 Å². The first-order chi connectivity index (χ1) is 9.08. The van der Waals surface area contributed by atoms with Crippen molar-refractivity contribution in [1.82, 2.24) is 15.8 Å². The first-order valence-corrected chi connectivity index (χ1v) is 6.72. The Balaban J connectivity index is 0.00000200. The number of amides is 1. The molecule has 0 aliphatic carbocycles. The van der Waals surface area contributed by atoms with Gasteiger partial charge in [0, 0.05) is 37.5 Å². The van der Waals surface area contributed by atoms with E-state index in [0.717, 1.165) is 12.1 Å². The van der Waals surface area contributed by atoms with Crippen LogP contribution in [-0.2, 0) is 11.2 Å². The Morgan fingerprint density at radius 1 is 1.60 bits per heavy atom. The smallest absolute Gasteiger partial charge is 0.229 e. The van der Waals surface area contributed by atoms with Crippen molar-refractivity contribution in [3.63, 3.8) is 0 Å². The Morgan fingerprint density at radius 2 is 2.35 bits per heavy atom. The van der Waals surface area contributed by atoms with Gasteiger partial charge >= 0.3 is 0 Å². The minimum Gasteiger partial charge on any atom is -0.391 e.